The highest BCUT2D eigenvalue weighted by molar-refractivity contribution is 6.06. The lowest BCUT2D eigenvalue weighted by Gasteiger charge is -2.15. The molecule has 7 heteroatoms. The number of hydrogen-bond acceptors (Lipinski definition) is 5. The molecule has 3 heterocycles. The number of carbonyl (C=O) groups excluding carboxylic acids is 1. The summed E-state index contributed by atoms with van der Waals surface area (Å²) in [6, 6.07) is 1.60. The molecule has 0 bridgehead atoms. The fraction of sp³-hybridized carbons (Fsp3) is 0.412. The minimum atomic E-state index is -0.174. The maximum absolute atomic E-state index is 12.8. The molecule has 0 aliphatic carbocycles. The van der Waals surface area contributed by atoms with Gasteiger partial charge in [-0.2, -0.15) is 5.10 Å². The highest BCUT2D eigenvalue weighted by Gasteiger charge is 2.22. The number of pyridine rings is 1. The van der Waals surface area contributed by atoms with Crippen LogP contribution in [0, 0.1) is 27.7 Å². The predicted molar refractivity (Wildman–Crippen MR) is 89.8 cm³/mol. The van der Waals surface area contributed by atoms with Crippen molar-refractivity contribution in [2.75, 3.05) is 0 Å². The molecule has 24 heavy (non-hydrogen) atoms. The van der Waals surface area contributed by atoms with Gasteiger partial charge in [0.15, 0.2) is 0 Å². The molecule has 0 saturated carbocycles. The highest BCUT2D eigenvalue weighted by atomic mass is 16.5. The minimum Gasteiger partial charge on any atom is -0.345 e. The van der Waals surface area contributed by atoms with Crippen LogP contribution in [-0.4, -0.2) is 25.8 Å². The largest absolute Gasteiger partial charge is 0.345 e. The number of rotatable bonds is 3. The van der Waals surface area contributed by atoms with E-state index in [1.807, 2.05) is 39.4 Å². The first kappa shape index (κ1) is 16.2. The van der Waals surface area contributed by atoms with E-state index in [1.165, 1.54) is 0 Å². The second kappa shape index (κ2) is 5.74. The van der Waals surface area contributed by atoms with Gasteiger partial charge < -0.3 is 9.84 Å². The van der Waals surface area contributed by atoms with Gasteiger partial charge in [0.05, 0.1) is 28.4 Å². The standard InChI is InChI=1S/C17H21N5O2/c1-8-7-13(15-11(4)21-24-17(15)18-8)16(23)19-9(2)14-10(3)20-22(6)12(14)5/h7,9H,1-6H3,(H,19,23). The first-order chi connectivity index (χ1) is 11.3. The van der Waals surface area contributed by atoms with Crippen molar-refractivity contribution in [2.45, 2.75) is 40.7 Å². The number of amides is 1. The molecule has 0 saturated heterocycles. The molecule has 0 aliphatic heterocycles. The normalized spacial score (nSPS) is 12.6. The van der Waals surface area contributed by atoms with E-state index in [2.05, 4.69) is 20.6 Å². The molecule has 126 valence electrons. The Hall–Kier alpha value is -2.70. The third-order valence-electron chi connectivity index (χ3n) is 4.34. The molecular formula is C17H21N5O2. The summed E-state index contributed by atoms with van der Waals surface area (Å²) in [6.07, 6.45) is 0. The quantitative estimate of drug-likeness (QED) is 0.799. The van der Waals surface area contributed by atoms with Crippen LogP contribution in [0.4, 0.5) is 0 Å². The third-order valence-corrected chi connectivity index (χ3v) is 4.34. The average molecular weight is 327 g/mol. The van der Waals surface area contributed by atoms with Crippen molar-refractivity contribution >= 4 is 17.0 Å². The summed E-state index contributed by atoms with van der Waals surface area (Å²) >= 11 is 0. The van der Waals surface area contributed by atoms with Gasteiger partial charge in [-0.05, 0) is 40.7 Å². The van der Waals surface area contributed by atoms with Gasteiger partial charge in [-0.1, -0.05) is 5.16 Å². The van der Waals surface area contributed by atoms with Crippen molar-refractivity contribution in [2.24, 2.45) is 7.05 Å². The van der Waals surface area contributed by atoms with Crippen molar-refractivity contribution in [1.82, 2.24) is 25.2 Å². The molecule has 0 fully saturated rings. The average Bonchev–Trinajstić information content (AvgIpc) is 2.98. The number of carbonyl (C=O) groups is 1. The predicted octanol–water partition coefficient (Wildman–Crippen LogP) is 2.68. The Labute approximate surface area is 140 Å². The molecule has 0 radical (unpaired) electrons. The van der Waals surface area contributed by atoms with Gasteiger partial charge in [-0.25, -0.2) is 4.98 Å². The maximum Gasteiger partial charge on any atom is 0.258 e. The molecule has 0 aliphatic rings. The van der Waals surface area contributed by atoms with E-state index in [9.17, 15) is 4.79 Å². The van der Waals surface area contributed by atoms with Crippen molar-refractivity contribution in [3.05, 3.63) is 40.0 Å². The first-order valence-corrected chi connectivity index (χ1v) is 7.84. The SMILES string of the molecule is Cc1cc(C(=O)NC(C)c2c(C)nn(C)c2C)c2c(C)noc2n1. The van der Waals surface area contributed by atoms with Crippen LogP contribution in [0.15, 0.2) is 10.6 Å². The third kappa shape index (κ3) is 2.55. The second-order valence-electron chi connectivity index (χ2n) is 6.16. The Balaban J connectivity index is 1.97. The summed E-state index contributed by atoms with van der Waals surface area (Å²) in [7, 11) is 1.90. The summed E-state index contributed by atoms with van der Waals surface area (Å²) in [6.45, 7) is 9.53. The lowest BCUT2D eigenvalue weighted by molar-refractivity contribution is 0.0941. The zero-order chi connectivity index (χ0) is 17.6. The van der Waals surface area contributed by atoms with E-state index in [4.69, 9.17) is 4.52 Å². The molecule has 1 unspecified atom stereocenters. The minimum absolute atomic E-state index is 0.158. The van der Waals surface area contributed by atoms with E-state index in [0.717, 1.165) is 17.0 Å². The van der Waals surface area contributed by atoms with Gasteiger partial charge >= 0.3 is 0 Å². The van der Waals surface area contributed by atoms with Crippen molar-refractivity contribution in [3.63, 3.8) is 0 Å². The Morgan fingerprint density at radius 3 is 2.58 bits per heavy atom. The number of nitrogens with zero attached hydrogens (tertiary/aromatic N) is 4. The molecule has 1 amide bonds. The lowest BCUT2D eigenvalue weighted by atomic mass is 10.0. The van der Waals surface area contributed by atoms with E-state index in [0.29, 0.717) is 28.1 Å². The van der Waals surface area contributed by atoms with E-state index >= 15 is 0 Å². The zero-order valence-corrected chi connectivity index (χ0v) is 14.8. The van der Waals surface area contributed by atoms with E-state index in [-0.39, 0.29) is 11.9 Å². The van der Waals surface area contributed by atoms with Crippen molar-refractivity contribution in [3.8, 4) is 0 Å². The van der Waals surface area contributed by atoms with Gasteiger partial charge in [-0.3, -0.25) is 9.48 Å². The number of nitrogens with one attached hydrogen (secondary N) is 1. The van der Waals surface area contributed by atoms with Crippen LogP contribution in [0.25, 0.3) is 11.1 Å². The van der Waals surface area contributed by atoms with Crippen molar-refractivity contribution in [1.29, 1.82) is 0 Å². The highest BCUT2D eigenvalue weighted by Crippen LogP contribution is 2.24. The Morgan fingerprint density at radius 2 is 1.96 bits per heavy atom. The summed E-state index contributed by atoms with van der Waals surface area (Å²) < 4.78 is 7.02. The first-order valence-electron chi connectivity index (χ1n) is 7.84. The van der Waals surface area contributed by atoms with Gasteiger partial charge in [0.1, 0.15) is 0 Å². The fourth-order valence-corrected chi connectivity index (χ4v) is 3.16. The number of hydrogen-bond donors (Lipinski definition) is 1. The van der Waals surface area contributed by atoms with Crippen LogP contribution in [0.1, 0.15) is 51.7 Å². The molecule has 3 rings (SSSR count). The van der Waals surface area contributed by atoms with Gasteiger partial charge in [0, 0.05) is 24.0 Å². The lowest BCUT2D eigenvalue weighted by Crippen LogP contribution is -2.27. The van der Waals surface area contributed by atoms with Crippen LogP contribution >= 0.6 is 0 Å². The Kier molecular flexibility index (Phi) is 3.87. The van der Waals surface area contributed by atoms with E-state index in [1.54, 1.807) is 13.0 Å². The number of aryl methyl sites for hydroxylation is 4. The van der Waals surface area contributed by atoms with Gasteiger partial charge in [0.25, 0.3) is 11.6 Å². The Bertz CT molecular complexity index is 938. The molecule has 0 spiro atoms. The zero-order valence-electron chi connectivity index (χ0n) is 14.8. The fourth-order valence-electron chi connectivity index (χ4n) is 3.16. The molecule has 3 aromatic heterocycles. The number of aromatic nitrogens is 4. The van der Waals surface area contributed by atoms with Crippen LogP contribution in [0.2, 0.25) is 0 Å². The van der Waals surface area contributed by atoms with Crippen LogP contribution in [0.5, 0.6) is 0 Å². The summed E-state index contributed by atoms with van der Waals surface area (Å²) in [5, 5.41) is 12.0. The van der Waals surface area contributed by atoms with E-state index < -0.39 is 0 Å². The topological polar surface area (TPSA) is 85.8 Å². The second-order valence-corrected chi connectivity index (χ2v) is 6.16. The van der Waals surface area contributed by atoms with Gasteiger partial charge in [-0.15, -0.1) is 0 Å². The van der Waals surface area contributed by atoms with Gasteiger partial charge in [0.2, 0.25) is 0 Å². The molecule has 1 atom stereocenters. The molecule has 7 nitrogen and oxygen atoms in total. The monoisotopic (exact) mass is 327 g/mol. The maximum atomic E-state index is 12.8. The smallest absolute Gasteiger partial charge is 0.258 e. The molecule has 0 aromatic carbocycles. The van der Waals surface area contributed by atoms with Crippen LogP contribution in [0.3, 0.4) is 0 Å². The van der Waals surface area contributed by atoms with Crippen LogP contribution < -0.4 is 5.32 Å². The molecule has 1 N–H and O–H groups in total. The number of fused-ring (bicyclic) bond motifs is 1. The summed E-state index contributed by atoms with van der Waals surface area (Å²) in [5.41, 5.74) is 5.28. The molecule has 3 aromatic rings. The van der Waals surface area contributed by atoms with Crippen molar-refractivity contribution < 1.29 is 9.32 Å². The van der Waals surface area contributed by atoms with Crippen LogP contribution in [-0.2, 0) is 7.05 Å². The summed E-state index contributed by atoms with van der Waals surface area (Å²) in [4.78, 5) is 17.1. The molecular weight excluding hydrogens is 306 g/mol. The Morgan fingerprint density at radius 1 is 1.25 bits per heavy atom. The summed E-state index contributed by atoms with van der Waals surface area (Å²) in [5.74, 6) is -0.174.